The third kappa shape index (κ3) is 3.12. The molecule has 2 aromatic rings. The lowest BCUT2D eigenvalue weighted by molar-refractivity contribution is 0.507. The molecule has 1 aromatic heterocycles. The van der Waals surface area contributed by atoms with E-state index in [0.29, 0.717) is 23.1 Å². The van der Waals surface area contributed by atoms with Gasteiger partial charge in [-0.2, -0.15) is 0 Å². The minimum Gasteiger partial charge on any atom is -0.467 e. The topological polar surface area (TPSA) is 65.2 Å². The number of halogens is 2. The zero-order valence-electron chi connectivity index (χ0n) is 10.5. The molecule has 2 rings (SSSR count). The Morgan fingerprint density at radius 1 is 1.11 bits per heavy atom. The SMILES string of the molecule is NCCCc1c(-c2ccc(Cl)cc2Cl)coc1CN. The van der Waals surface area contributed by atoms with Crippen molar-refractivity contribution >= 4 is 23.2 Å². The summed E-state index contributed by atoms with van der Waals surface area (Å²) in [6, 6.07) is 5.42. The van der Waals surface area contributed by atoms with Crippen LogP contribution in [0.3, 0.4) is 0 Å². The highest BCUT2D eigenvalue weighted by molar-refractivity contribution is 6.36. The maximum Gasteiger partial charge on any atom is 0.121 e. The van der Waals surface area contributed by atoms with Gasteiger partial charge in [0.2, 0.25) is 0 Å². The largest absolute Gasteiger partial charge is 0.467 e. The molecule has 0 aliphatic rings. The van der Waals surface area contributed by atoms with Crippen LogP contribution in [0.1, 0.15) is 17.7 Å². The van der Waals surface area contributed by atoms with Crippen molar-refractivity contribution in [3.05, 3.63) is 45.8 Å². The lowest BCUT2D eigenvalue weighted by atomic mass is 9.99. The van der Waals surface area contributed by atoms with Crippen molar-refractivity contribution in [1.82, 2.24) is 0 Å². The molecule has 3 nitrogen and oxygen atoms in total. The van der Waals surface area contributed by atoms with E-state index in [1.54, 1.807) is 12.3 Å². The summed E-state index contributed by atoms with van der Waals surface area (Å²) in [4.78, 5) is 0. The molecule has 0 saturated heterocycles. The fourth-order valence-corrected chi connectivity index (χ4v) is 2.59. The van der Waals surface area contributed by atoms with E-state index in [1.807, 2.05) is 12.1 Å². The van der Waals surface area contributed by atoms with Crippen molar-refractivity contribution in [3.63, 3.8) is 0 Å². The molecule has 19 heavy (non-hydrogen) atoms. The summed E-state index contributed by atoms with van der Waals surface area (Å²) in [7, 11) is 0. The molecule has 0 atom stereocenters. The zero-order chi connectivity index (χ0) is 13.8. The molecule has 5 heteroatoms. The maximum absolute atomic E-state index is 6.24. The summed E-state index contributed by atoms with van der Waals surface area (Å²) in [5.74, 6) is 0.787. The van der Waals surface area contributed by atoms with Gasteiger partial charge in [-0.3, -0.25) is 0 Å². The van der Waals surface area contributed by atoms with Crippen LogP contribution in [0.5, 0.6) is 0 Å². The van der Waals surface area contributed by atoms with E-state index in [9.17, 15) is 0 Å². The lowest BCUT2D eigenvalue weighted by Gasteiger charge is -2.07. The van der Waals surface area contributed by atoms with Gasteiger partial charge >= 0.3 is 0 Å². The van der Waals surface area contributed by atoms with E-state index >= 15 is 0 Å². The van der Waals surface area contributed by atoms with Gasteiger partial charge in [-0.05, 0) is 31.5 Å². The summed E-state index contributed by atoms with van der Waals surface area (Å²) in [6.07, 6.45) is 3.40. The normalized spacial score (nSPS) is 10.9. The van der Waals surface area contributed by atoms with E-state index in [2.05, 4.69) is 0 Å². The van der Waals surface area contributed by atoms with Crippen molar-refractivity contribution in [2.45, 2.75) is 19.4 Å². The molecule has 0 radical (unpaired) electrons. The van der Waals surface area contributed by atoms with E-state index in [0.717, 1.165) is 35.3 Å². The van der Waals surface area contributed by atoms with E-state index in [1.165, 1.54) is 0 Å². The first-order chi connectivity index (χ1) is 9.17. The van der Waals surface area contributed by atoms with Crippen molar-refractivity contribution in [1.29, 1.82) is 0 Å². The highest BCUT2D eigenvalue weighted by Gasteiger charge is 2.16. The average Bonchev–Trinajstić information content (AvgIpc) is 2.79. The predicted octanol–water partition coefficient (Wildman–Crippen LogP) is 3.60. The summed E-state index contributed by atoms with van der Waals surface area (Å²) in [5, 5.41) is 1.21. The predicted molar refractivity (Wildman–Crippen MR) is 79.4 cm³/mol. The van der Waals surface area contributed by atoms with Gasteiger partial charge in [-0.25, -0.2) is 0 Å². The smallest absolute Gasteiger partial charge is 0.121 e. The second kappa shape index (κ2) is 6.44. The summed E-state index contributed by atoms with van der Waals surface area (Å²) < 4.78 is 5.52. The number of nitrogens with two attached hydrogens (primary N) is 2. The lowest BCUT2D eigenvalue weighted by Crippen LogP contribution is -2.04. The van der Waals surface area contributed by atoms with Gasteiger partial charge in [0, 0.05) is 26.7 Å². The van der Waals surface area contributed by atoms with Crippen molar-refractivity contribution in [2.24, 2.45) is 11.5 Å². The molecule has 0 aliphatic heterocycles. The van der Waals surface area contributed by atoms with E-state index in [-0.39, 0.29) is 0 Å². The van der Waals surface area contributed by atoms with Crippen LogP contribution in [0.4, 0.5) is 0 Å². The molecule has 1 aromatic carbocycles. The van der Waals surface area contributed by atoms with Gasteiger partial charge in [0.05, 0.1) is 12.8 Å². The fourth-order valence-electron chi connectivity index (χ4n) is 2.08. The number of furan rings is 1. The highest BCUT2D eigenvalue weighted by atomic mass is 35.5. The van der Waals surface area contributed by atoms with Crippen LogP contribution in [0.2, 0.25) is 10.0 Å². The monoisotopic (exact) mass is 298 g/mol. The molecule has 4 N–H and O–H groups in total. The number of rotatable bonds is 5. The van der Waals surface area contributed by atoms with Crippen LogP contribution in [0.15, 0.2) is 28.9 Å². The number of hydrogen-bond acceptors (Lipinski definition) is 3. The molecule has 0 amide bonds. The quantitative estimate of drug-likeness (QED) is 0.886. The average molecular weight is 299 g/mol. The fraction of sp³-hybridized carbons (Fsp3) is 0.286. The Morgan fingerprint density at radius 2 is 1.89 bits per heavy atom. The van der Waals surface area contributed by atoms with Gasteiger partial charge in [-0.1, -0.05) is 29.3 Å². The summed E-state index contributed by atoms with van der Waals surface area (Å²) in [5.41, 5.74) is 14.2. The standard InChI is InChI=1S/C14H16Cl2N2O/c15-9-3-4-10(13(16)6-9)12-8-19-14(7-18)11(12)2-1-5-17/h3-4,6,8H,1-2,5,7,17-18H2. The molecule has 0 aliphatic carbocycles. The van der Waals surface area contributed by atoms with Crippen molar-refractivity contribution in [2.75, 3.05) is 6.54 Å². The Hall–Kier alpha value is -1.00. The van der Waals surface area contributed by atoms with Gasteiger partial charge in [0.15, 0.2) is 0 Å². The van der Waals surface area contributed by atoms with Gasteiger partial charge in [-0.15, -0.1) is 0 Å². The first-order valence-corrected chi connectivity index (χ1v) is 6.87. The summed E-state index contributed by atoms with van der Waals surface area (Å²) >= 11 is 12.2. The highest BCUT2D eigenvalue weighted by Crippen LogP contribution is 2.35. The second-order valence-corrected chi connectivity index (χ2v) is 5.12. The van der Waals surface area contributed by atoms with Crippen LogP contribution >= 0.6 is 23.2 Å². The molecule has 0 bridgehead atoms. The molecule has 0 saturated carbocycles. The van der Waals surface area contributed by atoms with Crippen molar-refractivity contribution < 1.29 is 4.42 Å². The summed E-state index contributed by atoms with van der Waals surface area (Å²) in [6.45, 7) is 0.994. The molecular formula is C14H16Cl2N2O. The van der Waals surface area contributed by atoms with Crippen LogP contribution in [0.25, 0.3) is 11.1 Å². The van der Waals surface area contributed by atoms with Crippen LogP contribution < -0.4 is 11.5 Å². The Kier molecular flexibility index (Phi) is 4.88. The maximum atomic E-state index is 6.24. The molecule has 0 fully saturated rings. The van der Waals surface area contributed by atoms with Crippen LogP contribution in [-0.4, -0.2) is 6.54 Å². The molecular weight excluding hydrogens is 283 g/mol. The number of benzene rings is 1. The van der Waals surface area contributed by atoms with E-state index < -0.39 is 0 Å². The van der Waals surface area contributed by atoms with Gasteiger partial charge < -0.3 is 15.9 Å². The van der Waals surface area contributed by atoms with Gasteiger partial charge in [0.25, 0.3) is 0 Å². The molecule has 1 heterocycles. The second-order valence-electron chi connectivity index (χ2n) is 4.27. The number of hydrogen-bond donors (Lipinski definition) is 2. The third-order valence-electron chi connectivity index (χ3n) is 3.02. The Labute approximate surface area is 122 Å². The van der Waals surface area contributed by atoms with E-state index in [4.69, 9.17) is 39.1 Å². The van der Waals surface area contributed by atoms with Crippen molar-refractivity contribution in [3.8, 4) is 11.1 Å². The Bertz CT molecular complexity index is 567. The molecule has 0 unspecified atom stereocenters. The molecule has 0 spiro atoms. The first-order valence-electron chi connectivity index (χ1n) is 6.12. The Balaban J connectivity index is 2.46. The minimum atomic E-state index is 0.366. The van der Waals surface area contributed by atoms with Gasteiger partial charge in [0.1, 0.15) is 5.76 Å². The first kappa shape index (κ1) is 14.4. The van der Waals surface area contributed by atoms with Crippen LogP contribution in [0, 0.1) is 0 Å². The zero-order valence-corrected chi connectivity index (χ0v) is 12.0. The van der Waals surface area contributed by atoms with Crippen LogP contribution in [-0.2, 0) is 13.0 Å². The minimum absolute atomic E-state index is 0.366. The molecule has 102 valence electrons. The third-order valence-corrected chi connectivity index (χ3v) is 3.57. The Morgan fingerprint density at radius 3 is 2.53 bits per heavy atom.